The molecule has 0 spiro atoms. The number of hydrogen-bond acceptors (Lipinski definition) is 2. The molecule has 0 radical (unpaired) electrons. The first-order chi connectivity index (χ1) is 10.6. The van der Waals surface area contributed by atoms with Crippen LogP contribution in [0.15, 0.2) is 48.5 Å². The van der Waals surface area contributed by atoms with Gasteiger partial charge in [-0.15, -0.1) is 0 Å². The average Bonchev–Trinajstić information content (AvgIpc) is 2.49. The molecular formula is C18H20ClNOS. The zero-order valence-corrected chi connectivity index (χ0v) is 14.2. The third-order valence-corrected chi connectivity index (χ3v) is 4.63. The van der Waals surface area contributed by atoms with Gasteiger partial charge in [0.2, 0.25) is 5.91 Å². The fraction of sp³-hybridized carbons (Fsp3) is 0.278. The van der Waals surface area contributed by atoms with E-state index in [0.29, 0.717) is 18.0 Å². The summed E-state index contributed by atoms with van der Waals surface area (Å²) in [5.74, 6) is 1.90. The van der Waals surface area contributed by atoms with Gasteiger partial charge >= 0.3 is 0 Å². The Labute approximate surface area is 141 Å². The van der Waals surface area contributed by atoms with E-state index in [0.717, 1.165) is 17.1 Å². The summed E-state index contributed by atoms with van der Waals surface area (Å²) in [5, 5.41) is 3.58. The molecule has 22 heavy (non-hydrogen) atoms. The van der Waals surface area contributed by atoms with E-state index in [9.17, 15) is 4.79 Å². The topological polar surface area (TPSA) is 29.1 Å². The first kappa shape index (κ1) is 16.9. The van der Waals surface area contributed by atoms with Crippen molar-refractivity contribution in [1.29, 1.82) is 0 Å². The van der Waals surface area contributed by atoms with Crippen LogP contribution in [0.4, 0.5) is 0 Å². The third-order valence-electron chi connectivity index (χ3n) is 3.23. The highest BCUT2D eigenvalue weighted by Gasteiger charge is 2.05. The van der Waals surface area contributed by atoms with E-state index >= 15 is 0 Å². The number of rotatable bonds is 7. The maximum atomic E-state index is 11.9. The monoisotopic (exact) mass is 333 g/mol. The van der Waals surface area contributed by atoms with Crippen molar-refractivity contribution in [2.24, 2.45) is 0 Å². The highest BCUT2D eigenvalue weighted by atomic mass is 35.5. The minimum atomic E-state index is 0.0178. The van der Waals surface area contributed by atoms with Gasteiger partial charge in [-0.1, -0.05) is 59.6 Å². The highest BCUT2D eigenvalue weighted by Crippen LogP contribution is 2.15. The summed E-state index contributed by atoms with van der Waals surface area (Å²) in [7, 11) is 0. The van der Waals surface area contributed by atoms with E-state index in [2.05, 4.69) is 36.5 Å². The number of carbonyl (C=O) groups is 1. The number of amides is 1. The van der Waals surface area contributed by atoms with Crippen LogP contribution in [-0.2, 0) is 17.0 Å². The molecule has 2 nitrogen and oxygen atoms in total. The van der Waals surface area contributed by atoms with Gasteiger partial charge < -0.3 is 5.32 Å². The number of benzene rings is 2. The molecule has 0 saturated heterocycles. The smallest absolute Gasteiger partial charge is 0.224 e. The maximum Gasteiger partial charge on any atom is 0.224 e. The third kappa shape index (κ3) is 5.74. The van der Waals surface area contributed by atoms with Gasteiger partial charge in [0.15, 0.2) is 0 Å². The van der Waals surface area contributed by atoms with E-state index in [-0.39, 0.29) is 5.91 Å². The molecule has 0 aliphatic carbocycles. The lowest BCUT2D eigenvalue weighted by molar-refractivity contribution is -0.120. The fourth-order valence-corrected chi connectivity index (χ4v) is 3.14. The quantitative estimate of drug-likeness (QED) is 0.768. The standard InChI is InChI=1S/C18H20ClNOS/c1-14-5-4-6-15(11-14)13-22-10-9-20-18(21)12-16-7-2-3-8-17(16)19/h2-8,11H,9-10,12-13H2,1H3,(H,20,21). The summed E-state index contributed by atoms with van der Waals surface area (Å²) in [6.07, 6.45) is 0.336. The van der Waals surface area contributed by atoms with Crippen molar-refractivity contribution in [3.63, 3.8) is 0 Å². The highest BCUT2D eigenvalue weighted by molar-refractivity contribution is 7.98. The zero-order valence-electron chi connectivity index (χ0n) is 12.6. The molecule has 0 aliphatic rings. The van der Waals surface area contributed by atoms with Crippen LogP contribution in [0.1, 0.15) is 16.7 Å². The van der Waals surface area contributed by atoms with Crippen molar-refractivity contribution in [2.75, 3.05) is 12.3 Å². The second-order valence-corrected chi connectivity index (χ2v) is 6.67. The van der Waals surface area contributed by atoms with Gasteiger partial charge in [-0.3, -0.25) is 4.79 Å². The lowest BCUT2D eigenvalue weighted by Crippen LogP contribution is -2.27. The van der Waals surface area contributed by atoms with Crippen LogP contribution < -0.4 is 5.32 Å². The van der Waals surface area contributed by atoms with Gasteiger partial charge in [0.25, 0.3) is 0 Å². The second kappa shape index (κ2) is 8.86. The van der Waals surface area contributed by atoms with Gasteiger partial charge in [-0.05, 0) is 24.1 Å². The van der Waals surface area contributed by atoms with Crippen molar-refractivity contribution < 1.29 is 4.79 Å². The van der Waals surface area contributed by atoms with E-state index in [1.807, 2.05) is 36.0 Å². The lowest BCUT2D eigenvalue weighted by Gasteiger charge is -2.07. The van der Waals surface area contributed by atoms with Crippen molar-refractivity contribution >= 4 is 29.3 Å². The van der Waals surface area contributed by atoms with Crippen LogP contribution in [0.25, 0.3) is 0 Å². The maximum absolute atomic E-state index is 11.9. The molecule has 0 aromatic heterocycles. The summed E-state index contributed by atoms with van der Waals surface area (Å²) < 4.78 is 0. The minimum Gasteiger partial charge on any atom is -0.355 e. The normalized spacial score (nSPS) is 10.5. The SMILES string of the molecule is Cc1cccc(CSCCNC(=O)Cc2ccccc2Cl)c1. The Morgan fingerprint density at radius 3 is 2.77 bits per heavy atom. The van der Waals surface area contributed by atoms with Crippen molar-refractivity contribution in [1.82, 2.24) is 5.32 Å². The van der Waals surface area contributed by atoms with Crippen LogP contribution in [-0.4, -0.2) is 18.2 Å². The van der Waals surface area contributed by atoms with Crippen molar-refractivity contribution in [3.8, 4) is 0 Å². The number of hydrogen-bond donors (Lipinski definition) is 1. The summed E-state index contributed by atoms with van der Waals surface area (Å²) in [6, 6.07) is 16.0. The van der Waals surface area contributed by atoms with Crippen LogP contribution >= 0.6 is 23.4 Å². The molecule has 116 valence electrons. The molecule has 0 atom stereocenters. The van der Waals surface area contributed by atoms with Crippen LogP contribution in [0.5, 0.6) is 0 Å². The molecule has 0 saturated carbocycles. The van der Waals surface area contributed by atoms with Crippen molar-refractivity contribution in [2.45, 2.75) is 19.1 Å². The Hall–Kier alpha value is -1.45. The molecule has 0 aliphatic heterocycles. The van der Waals surface area contributed by atoms with E-state index in [4.69, 9.17) is 11.6 Å². The second-order valence-electron chi connectivity index (χ2n) is 5.16. The predicted molar refractivity (Wildman–Crippen MR) is 95.5 cm³/mol. The van der Waals surface area contributed by atoms with Gasteiger partial charge in [0, 0.05) is 23.1 Å². The summed E-state index contributed by atoms with van der Waals surface area (Å²) in [5.41, 5.74) is 3.48. The summed E-state index contributed by atoms with van der Waals surface area (Å²) in [4.78, 5) is 11.9. The Kier molecular flexibility index (Phi) is 6.81. The summed E-state index contributed by atoms with van der Waals surface area (Å²) in [6.45, 7) is 2.78. The average molecular weight is 334 g/mol. The van der Waals surface area contributed by atoms with E-state index in [1.165, 1.54) is 11.1 Å². The zero-order chi connectivity index (χ0) is 15.8. The minimum absolute atomic E-state index is 0.0178. The van der Waals surface area contributed by atoms with Gasteiger partial charge in [-0.25, -0.2) is 0 Å². The van der Waals surface area contributed by atoms with Gasteiger partial charge in [-0.2, -0.15) is 11.8 Å². The number of nitrogens with one attached hydrogen (secondary N) is 1. The molecule has 1 amide bonds. The first-order valence-electron chi connectivity index (χ1n) is 7.28. The van der Waals surface area contributed by atoms with Crippen LogP contribution in [0.2, 0.25) is 5.02 Å². The molecular weight excluding hydrogens is 314 g/mol. The molecule has 2 aromatic rings. The number of halogens is 1. The molecule has 0 fully saturated rings. The number of aryl methyl sites for hydroxylation is 1. The molecule has 4 heteroatoms. The number of thioether (sulfide) groups is 1. The Morgan fingerprint density at radius 2 is 2.00 bits per heavy atom. The first-order valence-corrected chi connectivity index (χ1v) is 8.82. The molecule has 0 bridgehead atoms. The molecule has 2 aromatic carbocycles. The Bertz CT molecular complexity index is 630. The van der Waals surface area contributed by atoms with E-state index < -0.39 is 0 Å². The van der Waals surface area contributed by atoms with Crippen LogP contribution in [0.3, 0.4) is 0 Å². The molecule has 0 unspecified atom stereocenters. The van der Waals surface area contributed by atoms with Crippen LogP contribution in [0, 0.1) is 6.92 Å². The predicted octanol–water partition coefficient (Wildman–Crippen LogP) is 4.24. The van der Waals surface area contributed by atoms with E-state index in [1.54, 1.807) is 0 Å². The molecule has 1 N–H and O–H groups in total. The fourth-order valence-electron chi connectivity index (χ4n) is 2.13. The van der Waals surface area contributed by atoms with Crippen molar-refractivity contribution in [3.05, 3.63) is 70.2 Å². The lowest BCUT2D eigenvalue weighted by atomic mass is 10.1. The van der Waals surface area contributed by atoms with Gasteiger partial charge in [0.05, 0.1) is 6.42 Å². The Morgan fingerprint density at radius 1 is 1.18 bits per heavy atom. The number of carbonyl (C=O) groups excluding carboxylic acids is 1. The van der Waals surface area contributed by atoms with Gasteiger partial charge in [0.1, 0.15) is 0 Å². The summed E-state index contributed by atoms with van der Waals surface area (Å²) >= 11 is 7.87. The molecule has 2 rings (SSSR count). The molecule has 0 heterocycles. The Balaban J connectivity index is 1.64. The largest absolute Gasteiger partial charge is 0.355 e.